The summed E-state index contributed by atoms with van der Waals surface area (Å²) in [5.41, 5.74) is 3.72. The summed E-state index contributed by atoms with van der Waals surface area (Å²) in [4.78, 5) is 13.2. The second-order valence-electron chi connectivity index (χ2n) is 12.2. The number of piperidine rings is 1. The average molecular weight is 655 g/mol. The van der Waals surface area contributed by atoms with E-state index in [9.17, 15) is 13.2 Å². The van der Waals surface area contributed by atoms with E-state index in [2.05, 4.69) is 36.7 Å². The van der Waals surface area contributed by atoms with Crippen LogP contribution in [0.4, 0.5) is 16.3 Å². The van der Waals surface area contributed by atoms with Gasteiger partial charge in [0.2, 0.25) is 0 Å². The maximum absolute atomic E-state index is 14.1. The van der Waals surface area contributed by atoms with Crippen molar-refractivity contribution in [3.05, 3.63) is 99.7 Å². The number of carbonyl (C=O) groups is 1. The van der Waals surface area contributed by atoms with E-state index in [-0.39, 0.29) is 21.3 Å². The molecule has 1 unspecified atom stereocenters. The van der Waals surface area contributed by atoms with Crippen LogP contribution in [0.1, 0.15) is 55.7 Å². The summed E-state index contributed by atoms with van der Waals surface area (Å²) in [5, 5.41) is 13.5. The molecule has 0 saturated carbocycles. The molecule has 1 aliphatic rings. The Morgan fingerprint density at radius 2 is 1.61 bits per heavy atom. The largest absolute Gasteiger partial charge is 0.324 e. The molecule has 0 radical (unpaired) electrons. The minimum atomic E-state index is -3.88. The smallest absolute Gasteiger partial charge is 0.317 e. The molecule has 1 fully saturated rings. The van der Waals surface area contributed by atoms with Gasteiger partial charge in [0.25, 0.3) is 0 Å². The van der Waals surface area contributed by atoms with Gasteiger partial charge in [0, 0.05) is 22.2 Å². The van der Waals surface area contributed by atoms with E-state index < -0.39 is 21.1 Å². The predicted octanol–water partition coefficient (Wildman–Crippen LogP) is 7.94. The third-order valence-corrected chi connectivity index (χ3v) is 10.8. The summed E-state index contributed by atoms with van der Waals surface area (Å²) in [6.45, 7) is 9.68. The van der Waals surface area contributed by atoms with Gasteiger partial charge in [-0.3, -0.25) is 5.32 Å². The number of rotatable bonds is 7. The molecule has 44 heavy (non-hydrogen) atoms. The highest BCUT2D eigenvalue weighted by Gasteiger charge is 2.38. The van der Waals surface area contributed by atoms with Crippen LogP contribution >= 0.6 is 23.2 Å². The first-order valence-corrected chi connectivity index (χ1v) is 16.9. The highest BCUT2D eigenvalue weighted by Crippen LogP contribution is 2.42. The van der Waals surface area contributed by atoms with Crippen LogP contribution in [0, 0.1) is 12.8 Å². The zero-order valence-corrected chi connectivity index (χ0v) is 27.5. The molecule has 3 N–H and O–H groups in total. The van der Waals surface area contributed by atoms with Gasteiger partial charge >= 0.3 is 6.03 Å². The zero-order valence-electron chi connectivity index (χ0n) is 25.2. The molecule has 1 aliphatic heterocycles. The molecule has 2 amide bonds. The Morgan fingerprint density at radius 3 is 2.25 bits per heavy atom. The van der Waals surface area contributed by atoms with Crippen LogP contribution in [0.15, 0.2) is 77.7 Å². The Hall–Kier alpha value is -3.37. The lowest BCUT2D eigenvalue weighted by molar-refractivity contribution is 0.262. The molecule has 3 aromatic carbocycles. The lowest BCUT2D eigenvalue weighted by atomic mass is 9.90. The van der Waals surface area contributed by atoms with Crippen LogP contribution in [0.3, 0.4) is 0 Å². The number of halogens is 2. The first kappa shape index (κ1) is 32.0. The molecule has 0 bridgehead atoms. The van der Waals surface area contributed by atoms with Gasteiger partial charge in [-0.1, -0.05) is 73.8 Å². The second kappa shape index (κ2) is 12.9. The molecule has 0 aliphatic carbocycles. The number of anilines is 2. The Bertz CT molecular complexity index is 1740. The van der Waals surface area contributed by atoms with Gasteiger partial charge < -0.3 is 10.6 Å². The first-order valence-electron chi connectivity index (χ1n) is 14.6. The topological polar surface area (TPSA) is 105 Å². The fourth-order valence-corrected chi connectivity index (χ4v) is 8.31. The average Bonchev–Trinajstić information content (AvgIpc) is 3.40. The maximum Gasteiger partial charge on any atom is 0.324 e. The Labute approximate surface area is 269 Å². The summed E-state index contributed by atoms with van der Waals surface area (Å²) >= 11 is 12.5. The van der Waals surface area contributed by atoms with E-state index in [1.165, 1.54) is 12.1 Å². The fraction of sp³-hybridized carbons (Fsp3) is 0.333. The Morgan fingerprint density at radius 1 is 0.955 bits per heavy atom. The van der Waals surface area contributed by atoms with Crippen molar-refractivity contribution in [1.82, 2.24) is 15.1 Å². The lowest BCUT2D eigenvalue weighted by Crippen LogP contribution is -2.33. The lowest BCUT2D eigenvalue weighted by Gasteiger charge is -2.31. The Kier molecular flexibility index (Phi) is 9.41. The summed E-state index contributed by atoms with van der Waals surface area (Å²) in [6.07, 6.45) is 1.41. The van der Waals surface area contributed by atoms with Crippen molar-refractivity contribution in [2.75, 3.05) is 23.7 Å². The number of nitrogens with one attached hydrogen (secondary N) is 3. The van der Waals surface area contributed by atoms with Crippen molar-refractivity contribution < 1.29 is 13.2 Å². The van der Waals surface area contributed by atoms with E-state index in [0.717, 1.165) is 30.0 Å². The first-order chi connectivity index (χ1) is 20.8. The summed E-state index contributed by atoms with van der Waals surface area (Å²) in [7, 11) is -3.88. The molecule has 4 aromatic rings. The molecule has 5 rings (SSSR count). The predicted molar refractivity (Wildman–Crippen MR) is 178 cm³/mol. The number of amides is 2. The second-order valence-corrected chi connectivity index (χ2v) is 15.1. The van der Waals surface area contributed by atoms with Crippen LogP contribution in [0.2, 0.25) is 10.0 Å². The standard InChI is InChI=1S/C33H37Cl2N5O3S/c1-21-5-12-26(13-6-21)40-30(20-29(39-40)33(2,3)4)38-32(41)37-25-10-7-22(8-11-25)31(23-15-17-36-18-16-23)44(42,43)28-19-24(34)9-14-27(28)35/h5-14,19-20,23,31,36H,15-18H2,1-4H3,(H2,37,38,41). The van der Waals surface area contributed by atoms with Gasteiger partial charge in [0.15, 0.2) is 9.84 Å². The number of aromatic nitrogens is 2. The number of hydrogen-bond donors (Lipinski definition) is 3. The molecule has 11 heteroatoms. The molecule has 8 nitrogen and oxygen atoms in total. The van der Waals surface area contributed by atoms with E-state index >= 15 is 0 Å². The van der Waals surface area contributed by atoms with Crippen molar-refractivity contribution >= 4 is 50.6 Å². The van der Waals surface area contributed by atoms with Crippen molar-refractivity contribution in [2.24, 2.45) is 5.92 Å². The van der Waals surface area contributed by atoms with Crippen molar-refractivity contribution in [3.63, 3.8) is 0 Å². The number of sulfone groups is 1. The number of nitrogens with zero attached hydrogens (tertiary/aromatic N) is 2. The monoisotopic (exact) mass is 653 g/mol. The number of hydrogen-bond acceptors (Lipinski definition) is 5. The van der Waals surface area contributed by atoms with Crippen LogP contribution in [-0.2, 0) is 15.3 Å². The van der Waals surface area contributed by atoms with Crippen molar-refractivity contribution in [3.8, 4) is 5.69 Å². The Balaban J connectivity index is 1.39. The van der Waals surface area contributed by atoms with Gasteiger partial charge in [0.1, 0.15) is 5.82 Å². The zero-order chi connectivity index (χ0) is 31.6. The minimum absolute atomic E-state index is 0.0246. The van der Waals surface area contributed by atoms with E-state index in [0.29, 0.717) is 34.9 Å². The van der Waals surface area contributed by atoms with E-state index in [1.807, 2.05) is 37.3 Å². The van der Waals surface area contributed by atoms with Gasteiger partial charge in [-0.05, 0) is 86.8 Å². The summed E-state index contributed by atoms with van der Waals surface area (Å²) in [5.74, 6) is 0.417. The molecular weight excluding hydrogens is 617 g/mol. The fourth-order valence-electron chi connectivity index (χ4n) is 5.44. The molecule has 1 aromatic heterocycles. The molecule has 2 heterocycles. The number of carbonyl (C=O) groups excluding carboxylic acids is 1. The van der Waals surface area contributed by atoms with Crippen molar-refractivity contribution in [2.45, 2.75) is 56.1 Å². The minimum Gasteiger partial charge on any atom is -0.317 e. The number of aryl methyl sites for hydroxylation is 1. The normalized spacial score (nSPS) is 15.1. The molecule has 1 saturated heterocycles. The summed E-state index contributed by atoms with van der Waals surface area (Å²) < 4.78 is 29.8. The van der Waals surface area contributed by atoms with Gasteiger partial charge in [0.05, 0.1) is 26.5 Å². The van der Waals surface area contributed by atoms with Gasteiger partial charge in [-0.25, -0.2) is 17.9 Å². The highest BCUT2D eigenvalue weighted by atomic mass is 35.5. The SMILES string of the molecule is Cc1ccc(-n2nc(C(C)(C)C)cc2NC(=O)Nc2ccc(C(C3CCNCC3)S(=O)(=O)c3cc(Cl)ccc3Cl)cc2)cc1. The summed E-state index contributed by atoms with van der Waals surface area (Å²) in [6, 6.07) is 20.8. The third kappa shape index (κ3) is 7.12. The van der Waals surface area contributed by atoms with Gasteiger partial charge in [-0.15, -0.1) is 0 Å². The highest BCUT2D eigenvalue weighted by molar-refractivity contribution is 7.91. The van der Waals surface area contributed by atoms with Crippen LogP contribution in [0.25, 0.3) is 5.69 Å². The molecule has 232 valence electrons. The maximum atomic E-state index is 14.1. The quantitative estimate of drug-likeness (QED) is 0.188. The van der Waals surface area contributed by atoms with Crippen LogP contribution in [0.5, 0.6) is 0 Å². The van der Waals surface area contributed by atoms with Gasteiger partial charge in [-0.2, -0.15) is 5.10 Å². The number of urea groups is 1. The molecule has 0 spiro atoms. The molecular formula is C33H37Cl2N5O3S. The molecule has 1 atom stereocenters. The number of benzene rings is 3. The van der Waals surface area contributed by atoms with E-state index in [1.54, 1.807) is 35.0 Å². The van der Waals surface area contributed by atoms with E-state index in [4.69, 9.17) is 28.3 Å². The van der Waals surface area contributed by atoms with Crippen LogP contribution in [-0.4, -0.2) is 37.3 Å². The third-order valence-electron chi connectivity index (χ3n) is 7.84. The van der Waals surface area contributed by atoms with Crippen molar-refractivity contribution in [1.29, 1.82) is 0 Å². The van der Waals surface area contributed by atoms with Crippen LogP contribution < -0.4 is 16.0 Å².